The van der Waals surface area contributed by atoms with Crippen LogP contribution in [0.3, 0.4) is 0 Å². The van der Waals surface area contributed by atoms with Gasteiger partial charge in [-0.2, -0.15) is 20.4 Å². The average molecular weight is 1920 g/mol. The summed E-state index contributed by atoms with van der Waals surface area (Å²) in [4.78, 5) is 114. The van der Waals surface area contributed by atoms with Crippen LogP contribution >= 0.6 is 0 Å². The van der Waals surface area contributed by atoms with Crippen LogP contribution in [0.4, 0.5) is 23.3 Å². The highest BCUT2D eigenvalue weighted by Crippen LogP contribution is 2.36. The third-order valence-corrected chi connectivity index (χ3v) is 25.7. The minimum atomic E-state index is 0.123. The minimum Gasteiger partial charge on any atom is -0.378 e. The molecule has 33 nitrogen and oxygen atoms in total. The van der Waals surface area contributed by atoms with Crippen LogP contribution in [-0.2, 0) is 89.5 Å². The van der Waals surface area contributed by atoms with Crippen LogP contribution in [0, 0.1) is 0 Å². The molecule has 0 unspecified atom stereocenters. The molecule has 13 aromatic heterocycles. The summed E-state index contributed by atoms with van der Waals surface area (Å²) >= 11 is 0. The highest BCUT2D eigenvalue weighted by molar-refractivity contribution is 5.96. The van der Waals surface area contributed by atoms with Crippen LogP contribution in [0.5, 0.6) is 0 Å². The largest absolute Gasteiger partial charge is 0.378 e. The number of imidazole rings is 2. The number of benzene rings is 7. The van der Waals surface area contributed by atoms with Crippen LogP contribution in [0.25, 0.3) is 134 Å². The van der Waals surface area contributed by atoms with E-state index < -0.39 is 0 Å². The van der Waals surface area contributed by atoms with E-state index in [0.29, 0.717) is 96.7 Å². The number of nitrogens with zero attached hydrogens (tertiary/aromatic N) is 17. The molecule has 4 fully saturated rings. The fraction of sp³-hybridized carbons (Fsp3) is 0.216. The molecule has 0 atom stereocenters. The van der Waals surface area contributed by atoms with Gasteiger partial charge in [0.25, 0.3) is 0 Å². The van der Waals surface area contributed by atoms with Crippen molar-refractivity contribution in [2.75, 3.05) is 125 Å². The first-order valence-electron chi connectivity index (χ1n) is 48.3. The van der Waals surface area contributed by atoms with E-state index >= 15 is 0 Å². The van der Waals surface area contributed by atoms with Crippen LogP contribution in [-0.4, -0.2) is 234 Å². The smallest absolute Gasteiger partial charge is 0.183 e. The number of nitrogens with one attached hydrogen (secondary N) is 8. The summed E-state index contributed by atoms with van der Waals surface area (Å²) in [5.41, 5.74) is 25.8. The van der Waals surface area contributed by atoms with E-state index in [1.165, 1.54) is 0 Å². The zero-order chi connectivity index (χ0) is 97.3. The van der Waals surface area contributed by atoms with E-state index in [1.807, 2.05) is 237 Å². The van der Waals surface area contributed by atoms with Crippen LogP contribution in [0.15, 0.2) is 286 Å². The van der Waals surface area contributed by atoms with Crippen molar-refractivity contribution in [2.24, 2.45) is 0 Å². The predicted molar refractivity (Wildman–Crippen MR) is 553 cm³/mol. The van der Waals surface area contributed by atoms with Gasteiger partial charge in [-0.1, -0.05) is 188 Å². The minimum absolute atomic E-state index is 0.123. The second kappa shape index (κ2) is 44.0. The molecule has 0 saturated carbocycles. The summed E-state index contributed by atoms with van der Waals surface area (Å²) in [5.74, 6) is 5.70. The number of carbonyl (C=O) groups is 4. The Kier molecular flexibility index (Phi) is 28.5. The highest BCUT2D eigenvalue weighted by Gasteiger charge is 2.26. The number of aromatic amines is 8. The molecule has 4 saturated heterocycles. The number of Topliss-reactive ketones (excluding diaryl/α,β-unsaturated/α-hetero) is 4. The summed E-state index contributed by atoms with van der Waals surface area (Å²) < 4.78 is 21.9. The van der Waals surface area contributed by atoms with Crippen molar-refractivity contribution in [1.82, 2.24) is 106 Å². The Morgan fingerprint density at radius 3 is 1.08 bits per heavy atom. The van der Waals surface area contributed by atoms with Gasteiger partial charge in [-0.05, 0) is 94.0 Å². The first kappa shape index (κ1) is 93.1. The van der Waals surface area contributed by atoms with Crippen molar-refractivity contribution in [3.05, 3.63) is 331 Å². The van der Waals surface area contributed by atoms with E-state index in [9.17, 15) is 19.2 Å². The summed E-state index contributed by atoms with van der Waals surface area (Å²) in [6.07, 6.45) is 13.0. The van der Waals surface area contributed by atoms with Gasteiger partial charge in [0, 0.05) is 201 Å². The van der Waals surface area contributed by atoms with Gasteiger partial charge < -0.3 is 58.5 Å². The molecule has 7 aromatic carbocycles. The SMILES string of the molecule is O=C(Cc1ccc(-c2cc3c(N4CCOCC4)nccc3[nH]2)cc1)Cc1cc(-c2ccccc2)n[nH]1.O=C(Cc1ccc(-c2cc3c(N4CCOCC4)ncnc3[nH]2)cc1)Cc1cc(-c2ccccc2)n[nH]1.O=C(Cc1ccc(-c2nc3c(N4CCOCC4)nccc3[nH]2)cc1)Cc1cc(-c2ccncc2)n[nH]1.O=C(Cc1ccc(-c2nc3ncnc(N4CCOCC4)c3[nH]2)cc1)Cc1cc(-c2ccccc2)n[nH]1. The third kappa shape index (κ3) is 22.6. The molecule has 0 radical (unpaired) electrons. The zero-order valence-corrected chi connectivity index (χ0v) is 79.0. The number of fused-ring (bicyclic) bond motifs is 4. The number of aromatic nitrogens is 21. The monoisotopic (exact) mass is 1910 g/mol. The summed E-state index contributed by atoms with van der Waals surface area (Å²) in [5, 5.41) is 31.4. The Hall–Kier alpha value is -17.3. The molecule has 0 aliphatic carbocycles. The van der Waals surface area contributed by atoms with Gasteiger partial charge >= 0.3 is 0 Å². The van der Waals surface area contributed by atoms with Gasteiger partial charge in [0.05, 0.1) is 92.1 Å². The fourth-order valence-electron chi connectivity index (χ4n) is 18.3. The van der Waals surface area contributed by atoms with Gasteiger partial charge in [0.15, 0.2) is 17.3 Å². The van der Waals surface area contributed by atoms with Crippen LogP contribution in [0.2, 0.25) is 0 Å². The van der Waals surface area contributed by atoms with E-state index in [-0.39, 0.29) is 23.1 Å². The van der Waals surface area contributed by atoms with Crippen LogP contribution < -0.4 is 19.6 Å². The molecule has 0 amide bonds. The molecule has 144 heavy (non-hydrogen) atoms. The quantitative estimate of drug-likeness (QED) is 0.0226. The van der Waals surface area contributed by atoms with Crippen molar-refractivity contribution in [3.8, 4) is 90.3 Å². The number of carbonyl (C=O) groups excluding carboxylic acids is 4. The molecule has 0 bridgehead atoms. The Bertz CT molecular complexity index is 6850. The van der Waals surface area contributed by atoms with Gasteiger partial charge in [-0.3, -0.25) is 44.6 Å². The summed E-state index contributed by atoms with van der Waals surface area (Å²) in [6, 6.07) is 81.7. The number of H-pyrrole nitrogens is 8. The number of rotatable bonds is 28. The maximum absolute atomic E-state index is 12.7. The lowest BCUT2D eigenvalue weighted by atomic mass is 10.0. The third-order valence-electron chi connectivity index (χ3n) is 25.7. The molecule has 33 heteroatoms. The lowest BCUT2D eigenvalue weighted by molar-refractivity contribution is -0.118. The molecule has 8 N–H and O–H groups in total. The van der Waals surface area contributed by atoms with Crippen molar-refractivity contribution in [2.45, 2.75) is 51.4 Å². The molecule has 17 heterocycles. The van der Waals surface area contributed by atoms with Crippen molar-refractivity contribution >= 4 is 90.5 Å². The average Bonchev–Trinajstić information content (AvgIpc) is 1.65. The molecular formula is C111H103N25O8. The molecule has 20 aromatic rings. The van der Waals surface area contributed by atoms with Crippen molar-refractivity contribution in [3.63, 3.8) is 0 Å². The fourth-order valence-corrected chi connectivity index (χ4v) is 18.3. The molecule has 0 spiro atoms. The predicted octanol–water partition coefficient (Wildman–Crippen LogP) is 16.2. The zero-order valence-electron chi connectivity index (χ0n) is 79.0. The lowest BCUT2D eigenvalue weighted by Gasteiger charge is -2.28. The van der Waals surface area contributed by atoms with Crippen molar-refractivity contribution in [1.29, 1.82) is 0 Å². The number of morpholine rings is 4. The van der Waals surface area contributed by atoms with Gasteiger partial charge in [-0.15, -0.1) is 0 Å². The number of hydrogen-bond donors (Lipinski definition) is 8. The van der Waals surface area contributed by atoms with Crippen LogP contribution in [0.1, 0.15) is 45.0 Å². The molecular weight excluding hydrogens is 1810 g/mol. The van der Waals surface area contributed by atoms with E-state index in [1.54, 1.807) is 25.0 Å². The number of ketones is 4. The maximum atomic E-state index is 12.7. The summed E-state index contributed by atoms with van der Waals surface area (Å²) in [6.45, 7) is 12.1. The number of hydrogen-bond acceptors (Lipinski definition) is 25. The van der Waals surface area contributed by atoms with Gasteiger partial charge in [0.2, 0.25) is 0 Å². The Balaban J connectivity index is 0.000000113. The summed E-state index contributed by atoms with van der Waals surface area (Å²) in [7, 11) is 0. The van der Waals surface area contributed by atoms with Crippen molar-refractivity contribution < 1.29 is 38.1 Å². The van der Waals surface area contributed by atoms with Gasteiger partial charge in [0.1, 0.15) is 75.8 Å². The standard InChI is InChI=1S/C29H27N5O2.C28H26N6O2.2C27H25N7O2/c35-24(17-23-18-28(33-32-23)21-4-2-1-3-5-21)16-20-6-8-22(9-7-20)27-19-25-26(31-27)10-11-30-29(25)34-12-14-36-15-13-34;35-23(15-22-16-26(33-32-22)20-4-2-1-3-5-20)14-19-6-8-21(9-7-19)25-17-24-27(31-25)29-18-30-28(24)34-10-12-36-13-11-34;35-22(16-21-17-24(33-32-21)19-5-8-28-9-6-19)15-18-1-3-20(4-2-18)26-30-23-7-10-29-27(25(23)31-26)34-11-13-36-14-12-34;35-22(15-21-16-23(33-32-21)19-4-2-1-3-5-19)14-18-6-8-20(9-7-18)25-30-24-26(31-25)28-17-29-27(24)34-10-12-36-13-11-34/h1-11,18-19,31H,12-17H2,(H,32,33);1-9,16-18H,10-15H2,(H,32,33)(H,29,30,31);1-10,17H,11-16H2,(H,30,31)(H,32,33);1-9,16-17H,10-15H2,(H,32,33)(H,28,29,30,31). The Labute approximate surface area is 827 Å². The second-order valence-electron chi connectivity index (χ2n) is 35.7. The first-order valence-corrected chi connectivity index (χ1v) is 48.3. The van der Waals surface area contributed by atoms with E-state index in [4.69, 9.17) is 23.9 Å². The Morgan fingerprint density at radius 2 is 0.639 bits per heavy atom. The highest BCUT2D eigenvalue weighted by atomic mass is 16.5. The Morgan fingerprint density at radius 1 is 0.285 bits per heavy atom. The van der Waals surface area contributed by atoms with E-state index in [2.05, 4.69) is 144 Å². The van der Waals surface area contributed by atoms with Gasteiger partial charge in [-0.25, -0.2) is 39.9 Å². The lowest BCUT2D eigenvalue weighted by Crippen LogP contribution is -2.36. The molecule has 4 aliphatic rings. The molecule has 24 rings (SSSR count). The molecule has 4 aliphatic heterocycles. The number of pyridine rings is 3. The topological polar surface area (TPSA) is 412 Å². The number of ether oxygens (including phenoxy) is 4. The molecule has 720 valence electrons. The maximum Gasteiger partial charge on any atom is 0.183 e. The number of anilines is 4. The van der Waals surface area contributed by atoms with E-state index in [0.717, 1.165) is 263 Å². The first-order chi connectivity index (χ1) is 70.9. The second-order valence-corrected chi connectivity index (χ2v) is 35.7. The normalized spacial score (nSPS) is 13.8.